The lowest BCUT2D eigenvalue weighted by Gasteiger charge is -2.36. The topological polar surface area (TPSA) is 58.4 Å². The number of hydrogen-bond donors (Lipinski definition) is 2. The Morgan fingerprint density at radius 3 is 2.45 bits per heavy atom. The number of piperidine rings is 1. The summed E-state index contributed by atoms with van der Waals surface area (Å²) >= 11 is 4.94. The SMILES string of the molecule is CC1(C(=O)NC2CCN(CC(N)=S)CC2)CCCCC1. The standard InChI is InChI=1S/C15H27N3OS/c1-15(7-3-2-4-8-15)14(19)17-12-5-9-18(10-6-12)11-13(16)20/h12H,2-11H2,1H3,(H2,16,20)(H,17,19). The van der Waals surface area contributed by atoms with Crippen LogP contribution < -0.4 is 11.1 Å². The van der Waals surface area contributed by atoms with Crippen LogP contribution in [-0.4, -0.2) is 41.5 Å². The zero-order chi connectivity index (χ0) is 14.6. The van der Waals surface area contributed by atoms with Crippen LogP contribution in [0.15, 0.2) is 0 Å². The summed E-state index contributed by atoms with van der Waals surface area (Å²) in [5.74, 6) is 0.269. The largest absolute Gasteiger partial charge is 0.392 e. The Morgan fingerprint density at radius 1 is 1.30 bits per heavy atom. The first-order valence-corrected chi connectivity index (χ1v) is 8.22. The number of likely N-dealkylation sites (tertiary alicyclic amines) is 1. The van der Waals surface area contributed by atoms with Gasteiger partial charge in [-0.25, -0.2) is 0 Å². The number of carbonyl (C=O) groups excluding carboxylic acids is 1. The second-order valence-electron chi connectivity index (χ2n) is 6.61. The van der Waals surface area contributed by atoms with Gasteiger partial charge >= 0.3 is 0 Å². The Morgan fingerprint density at radius 2 is 1.90 bits per heavy atom. The minimum Gasteiger partial charge on any atom is -0.392 e. The lowest BCUT2D eigenvalue weighted by atomic mass is 9.75. The van der Waals surface area contributed by atoms with Crippen molar-refractivity contribution in [1.29, 1.82) is 0 Å². The van der Waals surface area contributed by atoms with Crippen molar-refractivity contribution in [2.75, 3.05) is 19.6 Å². The van der Waals surface area contributed by atoms with Gasteiger partial charge in [0.1, 0.15) is 0 Å². The lowest BCUT2D eigenvalue weighted by molar-refractivity contribution is -0.133. The molecule has 0 aromatic carbocycles. The Kier molecular flexibility index (Phi) is 5.38. The Balaban J connectivity index is 1.77. The molecule has 0 aromatic rings. The maximum Gasteiger partial charge on any atom is 0.226 e. The molecule has 0 atom stereocenters. The molecule has 0 aromatic heterocycles. The van der Waals surface area contributed by atoms with E-state index in [0.717, 1.165) is 38.8 Å². The van der Waals surface area contributed by atoms with Crippen molar-refractivity contribution in [3.05, 3.63) is 0 Å². The molecule has 114 valence electrons. The molecule has 0 spiro atoms. The maximum atomic E-state index is 12.5. The van der Waals surface area contributed by atoms with Crippen molar-refractivity contribution in [3.63, 3.8) is 0 Å². The third kappa shape index (κ3) is 4.16. The fraction of sp³-hybridized carbons (Fsp3) is 0.867. The summed E-state index contributed by atoms with van der Waals surface area (Å²) in [6.07, 6.45) is 7.75. The van der Waals surface area contributed by atoms with E-state index in [4.69, 9.17) is 18.0 Å². The zero-order valence-electron chi connectivity index (χ0n) is 12.5. The smallest absolute Gasteiger partial charge is 0.226 e. The molecule has 1 aliphatic carbocycles. The van der Waals surface area contributed by atoms with Gasteiger partial charge < -0.3 is 11.1 Å². The lowest BCUT2D eigenvalue weighted by Crippen LogP contribution is -2.50. The third-order valence-electron chi connectivity index (χ3n) is 4.81. The van der Waals surface area contributed by atoms with E-state index in [2.05, 4.69) is 17.1 Å². The predicted octanol–water partition coefficient (Wildman–Crippen LogP) is 1.82. The predicted molar refractivity (Wildman–Crippen MR) is 85.6 cm³/mol. The van der Waals surface area contributed by atoms with Gasteiger partial charge in [-0.05, 0) is 25.7 Å². The summed E-state index contributed by atoms with van der Waals surface area (Å²) in [4.78, 5) is 15.3. The van der Waals surface area contributed by atoms with Gasteiger partial charge in [0, 0.05) is 31.1 Å². The van der Waals surface area contributed by atoms with E-state index >= 15 is 0 Å². The molecule has 1 amide bonds. The molecule has 0 bridgehead atoms. The highest BCUT2D eigenvalue weighted by Crippen LogP contribution is 2.36. The van der Waals surface area contributed by atoms with E-state index in [1.807, 2.05) is 0 Å². The maximum absolute atomic E-state index is 12.5. The van der Waals surface area contributed by atoms with Gasteiger partial charge in [0.05, 0.1) is 4.99 Å². The molecule has 2 aliphatic rings. The monoisotopic (exact) mass is 297 g/mol. The van der Waals surface area contributed by atoms with Crippen molar-refractivity contribution >= 4 is 23.1 Å². The molecule has 3 N–H and O–H groups in total. The molecule has 1 aliphatic heterocycles. The fourth-order valence-electron chi connectivity index (χ4n) is 3.37. The van der Waals surface area contributed by atoms with Crippen LogP contribution in [0.25, 0.3) is 0 Å². The summed E-state index contributed by atoms with van der Waals surface area (Å²) in [6.45, 7) is 4.77. The van der Waals surface area contributed by atoms with Gasteiger partial charge in [-0.2, -0.15) is 0 Å². The Labute approximate surface area is 127 Å². The minimum atomic E-state index is -0.131. The van der Waals surface area contributed by atoms with Crippen molar-refractivity contribution in [1.82, 2.24) is 10.2 Å². The van der Waals surface area contributed by atoms with Crippen molar-refractivity contribution < 1.29 is 4.79 Å². The van der Waals surface area contributed by atoms with Crippen LogP contribution in [0.3, 0.4) is 0 Å². The molecule has 20 heavy (non-hydrogen) atoms. The molecule has 0 radical (unpaired) electrons. The summed E-state index contributed by atoms with van der Waals surface area (Å²) in [7, 11) is 0. The third-order valence-corrected chi connectivity index (χ3v) is 4.94. The van der Waals surface area contributed by atoms with E-state index in [0.29, 0.717) is 17.6 Å². The highest BCUT2D eigenvalue weighted by molar-refractivity contribution is 7.80. The molecule has 4 nitrogen and oxygen atoms in total. The van der Waals surface area contributed by atoms with Crippen LogP contribution in [0.2, 0.25) is 0 Å². The van der Waals surface area contributed by atoms with Gasteiger partial charge in [0.15, 0.2) is 0 Å². The summed E-state index contributed by atoms with van der Waals surface area (Å²) in [6, 6.07) is 0.323. The van der Waals surface area contributed by atoms with E-state index in [1.165, 1.54) is 19.3 Å². The minimum absolute atomic E-state index is 0.131. The van der Waals surface area contributed by atoms with Crippen LogP contribution in [0.4, 0.5) is 0 Å². The number of nitrogens with two attached hydrogens (primary N) is 1. The number of amides is 1. The molecule has 1 saturated carbocycles. The first-order chi connectivity index (χ1) is 9.49. The van der Waals surface area contributed by atoms with Gasteiger partial charge in [-0.3, -0.25) is 9.69 Å². The second-order valence-corrected chi connectivity index (χ2v) is 7.14. The Hall–Kier alpha value is -0.680. The van der Waals surface area contributed by atoms with Crippen molar-refractivity contribution in [2.24, 2.45) is 11.1 Å². The number of rotatable bonds is 4. The first-order valence-electron chi connectivity index (χ1n) is 7.81. The second kappa shape index (κ2) is 6.85. The van der Waals surface area contributed by atoms with Crippen LogP contribution >= 0.6 is 12.2 Å². The van der Waals surface area contributed by atoms with E-state index in [1.54, 1.807) is 0 Å². The Bertz CT molecular complexity index is 358. The number of carbonyl (C=O) groups is 1. The van der Waals surface area contributed by atoms with Crippen LogP contribution in [-0.2, 0) is 4.79 Å². The highest BCUT2D eigenvalue weighted by atomic mass is 32.1. The molecule has 1 saturated heterocycles. The van der Waals surface area contributed by atoms with Gasteiger partial charge in [-0.15, -0.1) is 0 Å². The van der Waals surface area contributed by atoms with Crippen molar-refractivity contribution in [3.8, 4) is 0 Å². The fourth-order valence-corrected chi connectivity index (χ4v) is 3.56. The molecular formula is C15H27N3OS. The number of thiocarbonyl (C=S) groups is 1. The molecule has 0 unspecified atom stereocenters. The number of nitrogens with one attached hydrogen (secondary N) is 1. The molecule has 1 heterocycles. The summed E-state index contributed by atoms with van der Waals surface area (Å²) in [5.41, 5.74) is 5.44. The number of hydrogen-bond acceptors (Lipinski definition) is 3. The first kappa shape index (κ1) is 15.7. The molecule has 2 fully saturated rings. The molecule has 5 heteroatoms. The van der Waals surface area contributed by atoms with E-state index in [9.17, 15) is 4.79 Å². The quantitative estimate of drug-likeness (QED) is 0.777. The van der Waals surface area contributed by atoms with Crippen molar-refractivity contribution in [2.45, 2.75) is 57.9 Å². The van der Waals surface area contributed by atoms with Crippen LogP contribution in [0, 0.1) is 5.41 Å². The van der Waals surface area contributed by atoms with Gasteiger partial charge in [0.2, 0.25) is 5.91 Å². The average molecular weight is 297 g/mol. The van der Waals surface area contributed by atoms with Crippen LogP contribution in [0.5, 0.6) is 0 Å². The zero-order valence-corrected chi connectivity index (χ0v) is 13.3. The van der Waals surface area contributed by atoms with E-state index in [-0.39, 0.29) is 11.3 Å². The summed E-state index contributed by atoms with van der Waals surface area (Å²) in [5, 5.41) is 3.27. The molecule has 2 rings (SSSR count). The highest BCUT2D eigenvalue weighted by Gasteiger charge is 2.35. The molecular weight excluding hydrogens is 270 g/mol. The number of nitrogens with zero attached hydrogens (tertiary/aromatic N) is 1. The van der Waals surface area contributed by atoms with E-state index < -0.39 is 0 Å². The average Bonchev–Trinajstić information content (AvgIpc) is 2.41. The van der Waals surface area contributed by atoms with Crippen LogP contribution in [0.1, 0.15) is 51.9 Å². The van der Waals surface area contributed by atoms with Gasteiger partial charge in [-0.1, -0.05) is 38.4 Å². The van der Waals surface area contributed by atoms with Gasteiger partial charge in [0.25, 0.3) is 0 Å². The normalized spacial score (nSPS) is 24.2. The summed E-state index contributed by atoms with van der Waals surface area (Å²) < 4.78 is 0.